The molecular formula is C12H10F16O2. The molecule has 0 saturated carbocycles. The zero-order valence-corrected chi connectivity index (χ0v) is 13.8. The summed E-state index contributed by atoms with van der Waals surface area (Å²) < 4.78 is 209. The van der Waals surface area contributed by atoms with E-state index in [1.54, 1.807) is 0 Å². The molecule has 18 heteroatoms. The van der Waals surface area contributed by atoms with Crippen molar-refractivity contribution in [1.29, 1.82) is 0 Å². The molecule has 0 aliphatic carbocycles. The molecule has 2 nitrogen and oxygen atoms in total. The van der Waals surface area contributed by atoms with Crippen molar-refractivity contribution in [3.05, 3.63) is 0 Å². The standard InChI is InChI=1S/C12H10F16O2/c13-5(14,1-7(17,18)11(25,26)9(21,22)3-29)6(15,16)2-8(19,20)12(27,28)10(23,24)4-30/h29-30H,1-4H2. The minimum atomic E-state index is -6.95. The summed E-state index contributed by atoms with van der Waals surface area (Å²) in [5.41, 5.74) is 0. The third kappa shape index (κ3) is 4.67. The molecule has 0 aromatic heterocycles. The largest absolute Gasteiger partial charge is 0.390 e. The van der Waals surface area contributed by atoms with E-state index in [-0.39, 0.29) is 0 Å². The van der Waals surface area contributed by atoms with Gasteiger partial charge >= 0.3 is 47.4 Å². The van der Waals surface area contributed by atoms with Gasteiger partial charge in [0.1, 0.15) is 13.2 Å². The van der Waals surface area contributed by atoms with Crippen LogP contribution in [0, 0.1) is 0 Å². The van der Waals surface area contributed by atoms with Gasteiger partial charge in [-0.05, 0) is 0 Å². The van der Waals surface area contributed by atoms with Crippen LogP contribution in [0.1, 0.15) is 12.8 Å². The zero-order valence-electron chi connectivity index (χ0n) is 13.8. The van der Waals surface area contributed by atoms with E-state index in [0.717, 1.165) is 0 Å². The Balaban J connectivity index is 6.00. The molecule has 182 valence electrons. The van der Waals surface area contributed by atoms with E-state index in [4.69, 9.17) is 10.2 Å². The topological polar surface area (TPSA) is 40.5 Å². The van der Waals surface area contributed by atoms with Crippen LogP contribution in [-0.2, 0) is 0 Å². The highest BCUT2D eigenvalue weighted by atomic mass is 19.4. The highest BCUT2D eigenvalue weighted by Gasteiger charge is 2.78. The summed E-state index contributed by atoms with van der Waals surface area (Å²) in [6.07, 6.45) is -8.65. The molecule has 0 saturated heterocycles. The maximum Gasteiger partial charge on any atom is 0.374 e. The Morgan fingerprint density at radius 3 is 0.700 bits per heavy atom. The molecule has 0 unspecified atom stereocenters. The van der Waals surface area contributed by atoms with Crippen LogP contribution in [0.4, 0.5) is 70.2 Å². The molecule has 0 radical (unpaired) electrons. The predicted octanol–water partition coefficient (Wildman–Crippen LogP) is 4.83. The van der Waals surface area contributed by atoms with Gasteiger partial charge in [0, 0.05) is 0 Å². The summed E-state index contributed by atoms with van der Waals surface area (Å²) in [6, 6.07) is 0. The van der Waals surface area contributed by atoms with Crippen LogP contribution in [0.15, 0.2) is 0 Å². The first kappa shape index (κ1) is 28.8. The van der Waals surface area contributed by atoms with Crippen molar-refractivity contribution in [1.82, 2.24) is 0 Å². The molecule has 0 aromatic rings. The average Bonchev–Trinajstić information content (AvgIpc) is 2.51. The molecule has 0 rings (SSSR count). The van der Waals surface area contributed by atoms with Crippen molar-refractivity contribution >= 4 is 0 Å². The Morgan fingerprint density at radius 2 is 0.533 bits per heavy atom. The van der Waals surface area contributed by atoms with Crippen LogP contribution < -0.4 is 0 Å². The summed E-state index contributed by atoms with van der Waals surface area (Å²) in [6.45, 7) is -6.20. The van der Waals surface area contributed by atoms with E-state index in [9.17, 15) is 70.2 Å². The number of halogens is 16. The van der Waals surface area contributed by atoms with E-state index < -0.39 is 73.4 Å². The summed E-state index contributed by atoms with van der Waals surface area (Å²) in [5.74, 6) is -53.6. The van der Waals surface area contributed by atoms with Crippen LogP contribution >= 0.6 is 0 Å². The summed E-state index contributed by atoms with van der Waals surface area (Å²) in [4.78, 5) is 0. The maximum absolute atomic E-state index is 13.3. The lowest BCUT2D eigenvalue weighted by Crippen LogP contribution is -2.61. The number of hydrogen-bond donors (Lipinski definition) is 2. The van der Waals surface area contributed by atoms with Gasteiger partial charge in [-0.3, -0.25) is 0 Å². The zero-order chi connectivity index (χ0) is 24.8. The van der Waals surface area contributed by atoms with Crippen LogP contribution in [0.2, 0.25) is 0 Å². The molecule has 30 heavy (non-hydrogen) atoms. The second-order valence-corrected chi connectivity index (χ2v) is 6.05. The Bertz CT molecular complexity index is 547. The number of hydrogen-bond acceptors (Lipinski definition) is 2. The normalized spacial score (nSPS) is 16.2. The molecule has 0 fully saturated rings. The highest BCUT2D eigenvalue weighted by Crippen LogP contribution is 2.56. The van der Waals surface area contributed by atoms with Crippen LogP contribution in [0.25, 0.3) is 0 Å². The molecular weight excluding hydrogens is 480 g/mol. The first-order chi connectivity index (χ1) is 12.8. The number of aliphatic hydroxyl groups excluding tert-OH is 2. The minimum Gasteiger partial charge on any atom is -0.390 e. The van der Waals surface area contributed by atoms with E-state index in [0.29, 0.717) is 0 Å². The molecule has 2 N–H and O–H groups in total. The molecule has 0 aliphatic heterocycles. The fourth-order valence-electron chi connectivity index (χ4n) is 1.77. The van der Waals surface area contributed by atoms with Gasteiger partial charge in [0.05, 0.1) is 12.8 Å². The van der Waals surface area contributed by atoms with Crippen molar-refractivity contribution in [2.24, 2.45) is 0 Å². The van der Waals surface area contributed by atoms with Gasteiger partial charge in [0.25, 0.3) is 0 Å². The average molecular weight is 490 g/mol. The first-order valence-corrected chi connectivity index (χ1v) is 7.03. The summed E-state index contributed by atoms with van der Waals surface area (Å²) >= 11 is 0. The first-order valence-electron chi connectivity index (χ1n) is 7.03. The van der Waals surface area contributed by atoms with Crippen LogP contribution in [-0.4, -0.2) is 70.8 Å². The second kappa shape index (κ2) is 7.74. The fraction of sp³-hybridized carbons (Fsp3) is 1.00. The molecule has 0 aromatic carbocycles. The Hall–Kier alpha value is -1.20. The SMILES string of the molecule is OCC(F)(F)C(F)(F)C(F)(F)CC(F)(F)C(F)(F)CC(F)(F)C(F)(F)C(F)(F)CO. The van der Waals surface area contributed by atoms with Gasteiger partial charge in [-0.25, -0.2) is 0 Å². The maximum atomic E-state index is 13.3. The summed E-state index contributed by atoms with van der Waals surface area (Å²) in [5, 5.41) is 15.8. The number of aliphatic hydroxyl groups is 2. The lowest BCUT2D eigenvalue weighted by atomic mass is 9.91. The van der Waals surface area contributed by atoms with Gasteiger partial charge in [-0.2, -0.15) is 70.2 Å². The molecule has 0 amide bonds. The van der Waals surface area contributed by atoms with Crippen LogP contribution in [0.3, 0.4) is 0 Å². The third-order valence-corrected chi connectivity index (χ3v) is 3.66. The lowest BCUT2D eigenvalue weighted by Gasteiger charge is -2.38. The smallest absolute Gasteiger partial charge is 0.374 e. The quantitative estimate of drug-likeness (QED) is 0.408. The molecule has 0 aliphatic rings. The second-order valence-electron chi connectivity index (χ2n) is 6.05. The van der Waals surface area contributed by atoms with Crippen molar-refractivity contribution in [2.45, 2.75) is 60.2 Å². The number of rotatable bonds is 11. The summed E-state index contributed by atoms with van der Waals surface area (Å²) in [7, 11) is 0. The third-order valence-electron chi connectivity index (χ3n) is 3.66. The Labute approximate surface area is 155 Å². The van der Waals surface area contributed by atoms with Gasteiger partial charge in [-0.15, -0.1) is 0 Å². The molecule has 0 atom stereocenters. The van der Waals surface area contributed by atoms with Crippen molar-refractivity contribution in [3.8, 4) is 0 Å². The van der Waals surface area contributed by atoms with Crippen molar-refractivity contribution in [3.63, 3.8) is 0 Å². The molecule has 0 heterocycles. The van der Waals surface area contributed by atoms with Gasteiger partial charge in [-0.1, -0.05) is 0 Å². The van der Waals surface area contributed by atoms with Gasteiger partial charge in [0.15, 0.2) is 0 Å². The van der Waals surface area contributed by atoms with E-state index in [2.05, 4.69) is 0 Å². The molecule has 0 bridgehead atoms. The highest BCUT2D eigenvalue weighted by molar-refractivity contribution is 5.04. The van der Waals surface area contributed by atoms with E-state index in [1.807, 2.05) is 0 Å². The van der Waals surface area contributed by atoms with Gasteiger partial charge in [0.2, 0.25) is 0 Å². The van der Waals surface area contributed by atoms with E-state index >= 15 is 0 Å². The van der Waals surface area contributed by atoms with Gasteiger partial charge < -0.3 is 10.2 Å². The lowest BCUT2D eigenvalue weighted by molar-refractivity contribution is -0.358. The minimum absolute atomic E-state index is 3.10. The monoisotopic (exact) mass is 490 g/mol. The Kier molecular flexibility index (Phi) is 7.43. The van der Waals surface area contributed by atoms with Crippen molar-refractivity contribution < 1.29 is 80.5 Å². The molecule has 0 spiro atoms. The number of alkyl halides is 16. The predicted molar refractivity (Wildman–Crippen MR) is 63.0 cm³/mol. The van der Waals surface area contributed by atoms with Crippen molar-refractivity contribution in [2.75, 3.05) is 13.2 Å². The Morgan fingerprint density at radius 1 is 0.333 bits per heavy atom. The van der Waals surface area contributed by atoms with Crippen LogP contribution in [0.5, 0.6) is 0 Å². The van der Waals surface area contributed by atoms with E-state index in [1.165, 1.54) is 0 Å². The fourth-order valence-corrected chi connectivity index (χ4v) is 1.77.